The van der Waals surface area contributed by atoms with Crippen LogP contribution >= 0.6 is 0 Å². The second-order valence-corrected chi connectivity index (χ2v) is 4.75. The molecule has 0 unspecified atom stereocenters. The molecule has 0 bridgehead atoms. The Balaban J connectivity index is 2.28. The average molecular weight is 263 g/mol. The van der Waals surface area contributed by atoms with E-state index in [2.05, 4.69) is 0 Å². The van der Waals surface area contributed by atoms with Gasteiger partial charge in [-0.3, -0.25) is 4.79 Å². The molecule has 2 rings (SSSR count). The fourth-order valence-corrected chi connectivity index (χ4v) is 2.26. The lowest BCUT2D eigenvalue weighted by atomic mass is 10.0. The molecule has 0 radical (unpaired) electrons. The average Bonchev–Trinajstić information content (AvgIpc) is 2.38. The predicted molar refractivity (Wildman–Crippen MR) is 69.2 cm³/mol. The van der Waals surface area contributed by atoms with Gasteiger partial charge < -0.3 is 14.7 Å². The summed E-state index contributed by atoms with van der Waals surface area (Å²) >= 11 is 0. The first-order valence-electron chi connectivity index (χ1n) is 6.19. The minimum Gasteiger partial charge on any atom is -0.480 e. The van der Waals surface area contributed by atoms with Crippen LogP contribution in [0, 0.1) is 13.8 Å². The second-order valence-electron chi connectivity index (χ2n) is 4.75. The molecular formula is C14H17NO4. The van der Waals surface area contributed by atoms with Crippen LogP contribution in [0.15, 0.2) is 18.2 Å². The van der Waals surface area contributed by atoms with E-state index in [-0.39, 0.29) is 12.5 Å². The van der Waals surface area contributed by atoms with Crippen LogP contribution in [0.1, 0.15) is 21.5 Å². The van der Waals surface area contributed by atoms with Gasteiger partial charge in [0.1, 0.15) is 0 Å². The first-order valence-corrected chi connectivity index (χ1v) is 6.19. The number of hydrogen-bond acceptors (Lipinski definition) is 3. The van der Waals surface area contributed by atoms with Crippen molar-refractivity contribution in [1.29, 1.82) is 0 Å². The number of carboxylic acid groups (broad SMARTS) is 1. The fourth-order valence-electron chi connectivity index (χ4n) is 2.26. The Bertz CT molecular complexity index is 512. The summed E-state index contributed by atoms with van der Waals surface area (Å²) in [4.78, 5) is 25.0. The maximum Gasteiger partial charge on any atom is 0.328 e. The lowest BCUT2D eigenvalue weighted by molar-refractivity contribution is -0.147. The van der Waals surface area contributed by atoms with E-state index in [1.54, 1.807) is 6.07 Å². The largest absolute Gasteiger partial charge is 0.480 e. The lowest BCUT2D eigenvalue weighted by Crippen LogP contribution is -2.52. The van der Waals surface area contributed by atoms with Crippen LogP contribution in [0.2, 0.25) is 0 Å². The zero-order valence-corrected chi connectivity index (χ0v) is 11.0. The summed E-state index contributed by atoms with van der Waals surface area (Å²) in [5.41, 5.74) is 2.49. The third kappa shape index (κ3) is 2.76. The Morgan fingerprint density at radius 2 is 2.11 bits per heavy atom. The van der Waals surface area contributed by atoms with E-state index in [0.29, 0.717) is 18.7 Å². The van der Waals surface area contributed by atoms with E-state index in [1.807, 2.05) is 26.0 Å². The van der Waals surface area contributed by atoms with Crippen molar-refractivity contribution in [3.63, 3.8) is 0 Å². The Labute approximate surface area is 111 Å². The molecule has 0 aliphatic carbocycles. The molecule has 1 fully saturated rings. The summed E-state index contributed by atoms with van der Waals surface area (Å²) in [5.74, 6) is -1.27. The van der Waals surface area contributed by atoms with Gasteiger partial charge in [0.25, 0.3) is 5.91 Å². The molecule has 0 spiro atoms. The molecule has 1 atom stereocenters. The van der Waals surface area contributed by atoms with Crippen LogP contribution in [0.5, 0.6) is 0 Å². The van der Waals surface area contributed by atoms with Crippen molar-refractivity contribution in [3.05, 3.63) is 34.9 Å². The summed E-state index contributed by atoms with van der Waals surface area (Å²) in [6.45, 7) is 4.54. The van der Waals surface area contributed by atoms with Crippen LogP contribution in [0.4, 0.5) is 0 Å². The number of carboxylic acids is 1. The molecule has 0 aromatic heterocycles. The van der Waals surface area contributed by atoms with Gasteiger partial charge in [-0.05, 0) is 25.5 Å². The van der Waals surface area contributed by atoms with Gasteiger partial charge in [-0.2, -0.15) is 0 Å². The molecule has 5 nitrogen and oxygen atoms in total. The maximum atomic E-state index is 12.5. The van der Waals surface area contributed by atoms with E-state index in [0.717, 1.165) is 11.1 Å². The van der Waals surface area contributed by atoms with Gasteiger partial charge in [-0.1, -0.05) is 17.7 Å². The lowest BCUT2D eigenvalue weighted by Gasteiger charge is -2.33. The number of nitrogens with zero attached hydrogens (tertiary/aromatic N) is 1. The minimum absolute atomic E-state index is 0.0476. The molecule has 1 saturated heterocycles. The van der Waals surface area contributed by atoms with Crippen LogP contribution < -0.4 is 0 Å². The first-order chi connectivity index (χ1) is 9.00. The highest BCUT2D eigenvalue weighted by Crippen LogP contribution is 2.17. The Hall–Kier alpha value is -1.88. The van der Waals surface area contributed by atoms with Crippen LogP contribution in [0.25, 0.3) is 0 Å². The molecule has 19 heavy (non-hydrogen) atoms. The molecule has 1 aliphatic heterocycles. The third-order valence-electron chi connectivity index (χ3n) is 3.29. The fraction of sp³-hybridized carbons (Fsp3) is 0.429. The van der Waals surface area contributed by atoms with E-state index in [1.165, 1.54) is 4.90 Å². The van der Waals surface area contributed by atoms with Crippen molar-refractivity contribution in [1.82, 2.24) is 4.90 Å². The second kappa shape index (κ2) is 5.40. The third-order valence-corrected chi connectivity index (χ3v) is 3.29. The summed E-state index contributed by atoms with van der Waals surface area (Å²) in [7, 11) is 0. The Morgan fingerprint density at radius 1 is 1.37 bits per heavy atom. The molecule has 1 heterocycles. The monoisotopic (exact) mass is 263 g/mol. The molecule has 5 heteroatoms. The molecule has 1 N–H and O–H groups in total. The number of carbonyl (C=O) groups excluding carboxylic acids is 1. The van der Waals surface area contributed by atoms with Crippen molar-refractivity contribution in [3.8, 4) is 0 Å². The van der Waals surface area contributed by atoms with Crippen LogP contribution in [-0.2, 0) is 9.53 Å². The van der Waals surface area contributed by atoms with Crippen molar-refractivity contribution in [2.75, 3.05) is 19.8 Å². The van der Waals surface area contributed by atoms with Crippen molar-refractivity contribution in [2.45, 2.75) is 19.9 Å². The number of benzene rings is 1. The van der Waals surface area contributed by atoms with Crippen LogP contribution in [-0.4, -0.2) is 47.7 Å². The molecule has 1 aliphatic rings. The Morgan fingerprint density at radius 3 is 2.74 bits per heavy atom. The number of morpholine rings is 1. The minimum atomic E-state index is -1.03. The van der Waals surface area contributed by atoms with Crippen LogP contribution in [0.3, 0.4) is 0 Å². The topological polar surface area (TPSA) is 66.8 Å². The molecule has 1 amide bonds. The van der Waals surface area contributed by atoms with Gasteiger partial charge in [0, 0.05) is 12.1 Å². The van der Waals surface area contributed by atoms with Gasteiger partial charge in [0.15, 0.2) is 6.04 Å². The van der Waals surface area contributed by atoms with Gasteiger partial charge >= 0.3 is 5.97 Å². The predicted octanol–water partition coefficient (Wildman–Crippen LogP) is 1.23. The molecular weight excluding hydrogens is 246 g/mol. The SMILES string of the molecule is Cc1ccc(C(=O)N2CCOC[C@H]2C(=O)O)c(C)c1. The molecule has 102 valence electrons. The van der Waals surface area contributed by atoms with Crippen molar-refractivity contribution < 1.29 is 19.4 Å². The van der Waals surface area contributed by atoms with E-state index < -0.39 is 12.0 Å². The Kier molecular flexibility index (Phi) is 3.85. The van der Waals surface area contributed by atoms with Gasteiger partial charge in [0.2, 0.25) is 0 Å². The highest BCUT2D eigenvalue weighted by molar-refractivity contribution is 5.98. The summed E-state index contributed by atoms with van der Waals surface area (Å²) in [5, 5.41) is 9.14. The number of ether oxygens (including phenoxy) is 1. The summed E-state index contributed by atoms with van der Waals surface area (Å²) in [6, 6.07) is 4.63. The van der Waals surface area contributed by atoms with E-state index in [9.17, 15) is 9.59 Å². The quantitative estimate of drug-likeness (QED) is 0.871. The van der Waals surface area contributed by atoms with E-state index in [4.69, 9.17) is 9.84 Å². The van der Waals surface area contributed by atoms with E-state index >= 15 is 0 Å². The zero-order valence-electron chi connectivity index (χ0n) is 11.0. The van der Waals surface area contributed by atoms with Gasteiger partial charge in [0.05, 0.1) is 13.2 Å². The molecule has 1 aromatic carbocycles. The van der Waals surface area contributed by atoms with Crippen molar-refractivity contribution >= 4 is 11.9 Å². The number of aliphatic carboxylic acids is 1. The molecule has 1 aromatic rings. The van der Waals surface area contributed by atoms with Crippen molar-refractivity contribution in [2.24, 2.45) is 0 Å². The highest BCUT2D eigenvalue weighted by Gasteiger charge is 2.33. The highest BCUT2D eigenvalue weighted by atomic mass is 16.5. The molecule has 0 saturated carbocycles. The first kappa shape index (κ1) is 13.5. The number of carbonyl (C=O) groups is 2. The van der Waals surface area contributed by atoms with Gasteiger partial charge in [-0.25, -0.2) is 4.79 Å². The normalized spacial score (nSPS) is 19.3. The number of hydrogen-bond donors (Lipinski definition) is 1. The zero-order chi connectivity index (χ0) is 14.0. The number of rotatable bonds is 2. The standard InChI is InChI=1S/C14H17NO4/c1-9-3-4-11(10(2)7-9)13(16)15-5-6-19-8-12(15)14(17)18/h3-4,7,12H,5-6,8H2,1-2H3,(H,17,18)/t12-/m0/s1. The number of aryl methyl sites for hydroxylation is 2. The smallest absolute Gasteiger partial charge is 0.328 e. The number of amides is 1. The van der Waals surface area contributed by atoms with Gasteiger partial charge in [-0.15, -0.1) is 0 Å². The maximum absolute atomic E-state index is 12.5. The summed E-state index contributed by atoms with van der Waals surface area (Å²) < 4.78 is 5.13. The summed E-state index contributed by atoms with van der Waals surface area (Å²) in [6.07, 6.45) is 0.